The molecule has 6 heteroatoms. The number of nitrogens with one attached hydrogen (secondary N) is 1. The largest absolute Gasteiger partial charge is 0.322 e. The molecule has 1 N–H and O–H groups in total. The van der Waals surface area contributed by atoms with Gasteiger partial charge >= 0.3 is 0 Å². The molecule has 0 unspecified atom stereocenters. The van der Waals surface area contributed by atoms with Crippen LogP contribution in [0.15, 0.2) is 53.6 Å². The summed E-state index contributed by atoms with van der Waals surface area (Å²) in [4.78, 5) is 23.9. The number of benzene rings is 1. The second kappa shape index (κ2) is 7.98. The van der Waals surface area contributed by atoms with Gasteiger partial charge in [-0.1, -0.05) is 0 Å². The van der Waals surface area contributed by atoms with Gasteiger partial charge in [0.2, 0.25) is 0 Å². The van der Waals surface area contributed by atoms with Crippen molar-refractivity contribution < 1.29 is 4.39 Å². The van der Waals surface area contributed by atoms with Gasteiger partial charge in [0.25, 0.3) is 5.56 Å². The first-order valence-corrected chi connectivity index (χ1v) is 9.32. The van der Waals surface area contributed by atoms with E-state index in [1.807, 2.05) is 18.5 Å². The Labute approximate surface area is 157 Å². The van der Waals surface area contributed by atoms with Gasteiger partial charge in [-0.05, 0) is 53.8 Å². The topological polar surface area (TPSA) is 52.2 Å². The van der Waals surface area contributed by atoms with Crippen molar-refractivity contribution >= 4 is 10.9 Å². The maximum atomic E-state index is 13.3. The van der Waals surface area contributed by atoms with Gasteiger partial charge in [-0.3, -0.25) is 14.7 Å². The third-order valence-electron chi connectivity index (χ3n) is 5.21. The fraction of sp³-hybridized carbons (Fsp3) is 0.333. The summed E-state index contributed by atoms with van der Waals surface area (Å²) in [5.74, 6) is -0.339. The fourth-order valence-corrected chi connectivity index (χ4v) is 3.58. The number of hydrogen-bond acceptors (Lipinski definition) is 4. The third-order valence-corrected chi connectivity index (χ3v) is 5.21. The number of pyridine rings is 2. The highest BCUT2D eigenvalue weighted by Gasteiger charge is 2.18. The summed E-state index contributed by atoms with van der Waals surface area (Å²) in [5.41, 5.74) is 2.46. The maximum absolute atomic E-state index is 13.3. The van der Waals surface area contributed by atoms with E-state index in [-0.39, 0.29) is 11.4 Å². The van der Waals surface area contributed by atoms with Crippen LogP contribution in [0.2, 0.25) is 0 Å². The van der Waals surface area contributed by atoms with Crippen molar-refractivity contribution in [1.82, 2.24) is 19.8 Å². The average Bonchev–Trinajstić information content (AvgIpc) is 2.69. The molecule has 3 aromatic rings. The van der Waals surface area contributed by atoms with Gasteiger partial charge in [0.05, 0.1) is 5.52 Å². The molecule has 0 amide bonds. The Hall–Kier alpha value is -2.57. The molecule has 4 rings (SSSR count). The molecule has 3 heterocycles. The lowest BCUT2D eigenvalue weighted by atomic mass is 10.1. The second-order valence-corrected chi connectivity index (χ2v) is 7.08. The molecule has 1 aliphatic rings. The normalized spacial score (nSPS) is 16.0. The van der Waals surface area contributed by atoms with Gasteiger partial charge in [-0.25, -0.2) is 4.39 Å². The van der Waals surface area contributed by atoms with Crippen molar-refractivity contribution in [3.8, 4) is 0 Å². The van der Waals surface area contributed by atoms with Crippen molar-refractivity contribution in [1.29, 1.82) is 0 Å². The summed E-state index contributed by atoms with van der Waals surface area (Å²) in [6.45, 7) is 5.55. The summed E-state index contributed by atoms with van der Waals surface area (Å²) < 4.78 is 13.3. The monoisotopic (exact) mass is 366 g/mol. The zero-order chi connectivity index (χ0) is 18.6. The lowest BCUT2D eigenvalue weighted by molar-refractivity contribution is 0.128. The first-order chi connectivity index (χ1) is 13.2. The summed E-state index contributed by atoms with van der Waals surface area (Å²) in [6.07, 6.45) is 4.70. The highest BCUT2D eigenvalue weighted by Crippen LogP contribution is 2.14. The Morgan fingerprint density at radius 3 is 2.52 bits per heavy atom. The van der Waals surface area contributed by atoms with Crippen LogP contribution in [0, 0.1) is 5.82 Å². The predicted octanol–water partition coefficient (Wildman–Crippen LogP) is 2.42. The van der Waals surface area contributed by atoms with Crippen LogP contribution in [0.5, 0.6) is 0 Å². The lowest BCUT2D eigenvalue weighted by Crippen LogP contribution is -2.46. The Morgan fingerprint density at radius 2 is 1.74 bits per heavy atom. The van der Waals surface area contributed by atoms with Gasteiger partial charge in [0.15, 0.2) is 0 Å². The molecule has 1 aliphatic heterocycles. The molecule has 0 atom stereocenters. The standard InChI is InChI=1S/C21H23FN4O/c22-19-2-1-17-13-18(21(27)24-20(17)14-19)15-26-11-9-25(10-12-26)8-5-16-3-6-23-7-4-16/h1-4,6-7,13-14H,5,8-12,15H2,(H,24,27). The van der Waals surface area contributed by atoms with Crippen molar-refractivity contribution in [2.75, 3.05) is 32.7 Å². The van der Waals surface area contributed by atoms with Crippen LogP contribution in [-0.2, 0) is 13.0 Å². The van der Waals surface area contributed by atoms with Crippen LogP contribution < -0.4 is 5.56 Å². The number of hydrogen-bond donors (Lipinski definition) is 1. The molecule has 0 aliphatic carbocycles. The molecule has 1 aromatic carbocycles. The highest BCUT2D eigenvalue weighted by molar-refractivity contribution is 5.78. The molecule has 5 nitrogen and oxygen atoms in total. The first kappa shape index (κ1) is 17.8. The minimum absolute atomic E-state index is 0.131. The molecular weight excluding hydrogens is 343 g/mol. The Kier molecular flexibility index (Phi) is 5.27. The Morgan fingerprint density at radius 1 is 1.00 bits per heavy atom. The van der Waals surface area contributed by atoms with Gasteiger partial charge in [0.1, 0.15) is 5.82 Å². The smallest absolute Gasteiger partial charge is 0.252 e. The minimum atomic E-state index is -0.339. The molecule has 0 bridgehead atoms. The quantitative estimate of drug-likeness (QED) is 0.754. The SMILES string of the molecule is O=c1[nH]c2cc(F)ccc2cc1CN1CCN(CCc2ccncc2)CC1. The fourth-order valence-electron chi connectivity index (χ4n) is 3.58. The number of piperazine rings is 1. The van der Waals surface area contributed by atoms with Gasteiger partial charge in [-0.2, -0.15) is 0 Å². The van der Waals surface area contributed by atoms with Crippen LogP contribution in [0.3, 0.4) is 0 Å². The summed E-state index contributed by atoms with van der Waals surface area (Å²) in [5, 5.41) is 0.863. The van der Waals surface area contributed by atoms with E-state index in [2.05, 4.69) is 31.9 Å². The first-order valence-electron chi connectivity index (χ1n) is 9.32. The molecule has 0 spiro atoms. The van der Waals surface area contributed by atoms with Crippen LogP contribution in [0.4, 0.5) is 4.39 Å². The second-order valence-electron chi connectivity index (χ2n) is 7.08. The molecule has 2 aromatic heterocycles. The molecule has 140 valence electrons. The summed E-state index contributed by atoms with van der Waals surface area (Å²) in [6, 6.07) is 10.5. The number of rotatable bonds is 5. The molecule has 1 saturated heterocycles. The van der Waals surface area contributed by atoms with Crippen molar-refractivity contribution in [2.45, 2.75) is 13.0 Å². The zero-order valence-corrected chi connectivity index (χ0v) is 15.2. The number of halogens is 1. The van der Waals surface area contributed by atoms with Gasteiger partial charge < -0.3 is 9.88 Å². The van der Waals surface area contributed by atoms with Crippen molar-refractivity contribution in [3.05, 3.63) is 76.1 Å². The Balaban J connectivity index is 1.34. The van der Waals surface area contributed by atoms with Gasteiger partial charge in [0, 0.05) is 57.2 Å². The van der Waals surface area contributed by atoms with E-state index in [9.17, 15) is 9.18 Å². The van der Waals surface area contributed by atoms with Crippen molar-refractivity contribution in [2.24, 2.45) is 0 Å². The third kappa shape index (κ3) is 4.40. The summed E-state index contributed by atoms with van der Waals surface area (Å²) in [7, 11) is 0. The molecular formula is C21H23FN4O. The van der Waals surface area contributed by atoms with Crippen LogP contribution in [0.25, 0.3) is 10.9 Å². The Bertz CT molecular complexity index is 965. The molecule has 0 saturated carbocycles. The van der Waals surface area contributed by atoms with E-state index >= 15 is 0 Å². The van der Waals surface area contributed by atoms with E-state index in [0.717, 1.165) is 50.1 Å². The molecule has 0 radical (unpaired) electrons. The zero-order valence-electron chi connectivity index (χ0n) is 15.2. The van der Waals surface area contributed by atoms with E-state index in [4.69, 9.17) is 0 Å². The predicted molar refractivity (Wildman–Crippen MR) is 104 cm³/mol. The van der Waals surface area contributed by atoms with Crippen LogP contribution in [-0.4, -0.2) is 52.5 Å². The average molecular weight is 366 g/mol. The number of fused-ring (bicyclic) bond motifs is 1. The number of nitrogens with zero attached hydrogens (tertiary/aromatic N) is 3. The van der Waals surface area contributed by atoms with Crippen LogP contribution in [0.1, 0.15) is 11.1 Å². The molecule has 27 heavy (non-hydrogen) atoms. The maximum Gasteiger partial charge on any atom is 0.252 e. The number of aromatic nitrogens is 2. The van der Waals surface area contributed by atoms with Crippen molar-refractivity contribution in [3.63, 3.8) is 0 Å². The molecule has 1 fully saturated rings. The lowest BCUT2D eigenvalue weighted by Gasteiger charge is -2.34. The highest BCUT2D eigenvalue weighted by atomic mass is 19.1. The number of aromatic amines is 1. The van der Waals surface area contributed by atoms with E-state index < -0.39 is 0 Å². The number of H-pyrrole nitrogens is 1. The van der Waals surface area contributed by atoms with E-state index in [0.29, 0.717) is 12.1 Å². The minimum Gasteiger partial charge on any atom is -0.322 e. The van der Waals surface area contributed by atoms with Crippen LogP contribution >= 0.6 is 0 Å². The van der Waals surface area contributed by atoms with E-state index in [1.54, 1.807) is 6.07 Å². The van der Waals surface area contributed by atoms with E-state index in [1.165, 1.54) is 17.7 Å². The van der Waals surface area contributed by atoms with Gasteiger partial charge in [-0.15, -0.1) is 0 Å². The summed E-state index contributed by atoms with van der Waals surface area (Å²) >= 11 is 0.